The van der Waals surface area contributed by atoms with Crippen LogP contribution in [0.25, 0.3) is 11.0 Å². The zero-order chi connectivity index (χ0) is 10.8. The number of carbonyl (C=O) groups excluding carboxylic acids is 1. The molecule has 0 radical (unpaired) electrons. The maximum absolute atomic E-state index is 11.7. The van der Waals surface area contributed by atoms with Gasteiger partial charge in [0.2, 0.25) is 0 Å². The molecular weight excluding hydrogens is 190 g/mol. The van der Waals surface area contributed by atoms with Crippen LogP contribution < -0.4 is 5.32 Å². The van der Waals surface area contributed by atoms with E-state index in [2.05, 4.69) is 5.32 Å². The first-order valence-electron chi connectivity index (χ1n) is 5.00. The van der Waals surface area contributed by atoms with Gasteiger partial charge in [-0.25, -0.2) is 0 Å². The number of fused-ring (bicyclic) bond motifs is 1. The molecule has 3 nitrogen and oxygen atoms in total. The van der Waals surface area contributed by atoms with Crippen molar-refractivity contribution >= 4 is 16.9 Å². The fourth-order valence-corrected chi connectivity index (χ4v) is 1.72. The van der Waals surface area contributed by atoms with Crippen molar-refractivity contribution < 1.29 is 9.21 Å². The SMILES string of the molecule is CCc1oc2ccccc2c1C(=O)NC. The largest absolute Gasteiger partial charge is 0.460 e. The van der Waals surface area contributed by atoms with E-state index in [0.29, 0.717) is 5.56 Å². The van der Waals surface area contributed by atoms with Crippen LogP contribution in [-0.4, -0.2) is 13.0 Å². The number of hydrogen-bond acceptors (Lipinski definition) is 2. The molecule has 0 aliphatic heterocycles. The van der Waals surface area contributed by atoms with Crippen molar-refractivity contribution in [3.05, 3.63) is 35.6 Å². The Morgan fingerprint density at radius 3 is 2.80 bits per heavy atom. The molecule has 0 aliphatic rings. The molecule has 0 bridgehead atoms. The molecule has 2 aromatic rings. The number of carbonyl (C=O) groups is 1. The minimum atomic E-state index is -0.0863. The summed E-state index contributed by atoms with van der Waals surface area (Å²) < 4.78 is 5.61. The van der Waals surface area contributed by atoms with Gasteiger partial charge in [-0.2, -0.15) is 0 Å². The Balaban J connectivity index is 2.72. The van der Waals surface area contributed by atoms with Crippen molar-refractivity contribution in [2.24, 2.45) is 0 Å². The molecule has 1 amide bonds. The molecule has 15 heavy (non-hydrogen) atoms. The highest BCUT2D eigenvalue weighted by atomic mass is 16.3. The second kappa shape index (κ2) is 3.77. The van der Waals surface area contributed by atoms with E-state index >= 15 is 0 Å². The van der Waals surface area contributed by atoms with E-state index in [-0.39, 0.29) is 5.91 Å². The fraction of sp³-hybridized carbons (Fsp3) is 0.250. The molecule has 2 rings (SSSR count). The number of para-hydroxylation sites is 1. The van der Waals surface area contributed by atoms with Crippen LogP contribution in [0.1, 0.15) is 23.0 Å². The molecule has 1 heterocycles. The van der Waals surface area contributed by atoms with Crippen molar-refractivity contribution in [2.45, 2.75) is 13.3 Å². The molecule has 0 fully saturated rings. The molecule has 78 valence electrons. The molecular formula is C12H13NO2. The molecule has 3 heteroatoms. The normalized spacial score (nSPS) is 10.5. The van der Waals surface area contributed by atoms with Gasteiger partial charge in [-0.1, -0.05) is 25.1 Å². The number of nitrogens with one attached hydrogen (secondary N) is 1. The summed E-state index contributed by atoms with van der Waals surface area (Å²) in [6.07, 6.45) is 0.720. The van der Waals surface area contributed by atoms with Gasteiger partial charge in [-0.05, 0) is 6.07 Å². The topological polar surface area (TPSA) is 42.2 Å². The average Bonchev–Trinajstić information content (AvgIpc) is 2.66. The van der Waals surface area contributed by atoms with Gasteiger partial charge in [-0.15, -0.1) is 0 Å². The van der Waals surface area contributed by atoms with E-state index in [1.807, 2.05) is 31.2 Å². The third-order valence-corrected chi connectivity index (χ3v) is 2.44. The Bertz CT molecular complexity index is 499. The van der Waals surface area contributed by atoms with Crippen molar-refractivity contribution in [3.63, 3.8) is 0 Å². The molecule has 0 atom stereocenters. The highest BCUT2D eigenvalue weighted by Gasteiger charge is 2.17. The summed E-state index contributed by atoms with van der Waals surface area (Å²) in [5.41, 5.74) is 1.43. The maximum atomic E-state index is 11.7. The van der Waals surface area contributed by atoms with Crippen molar-refractivity contribution in [3.8, 4) is 0 Å². The third-order valence-electron chi connectivity index (χ3n) is 2.44. The fourth-order valence-electron chi connectivity index (χ4n) is 1.72. The van der Waals surface area contributed by atoms with Gasteiger partial charge in [0.05, 0.1) is 5.56 Å². The Labute approximate surface area is 88.1 Å². The smallest absolute Gasteiger partial charge is 0.255 e. The first-order valence-corrected chi connectivity index (χ1v) is 5.00. The lowest BCUT2D eigenvalue weighted by Gasteiger charge is -1.98. The van der Waals surface area contributed by atoms with Crippen LogP contribution in [0.3, 0.4) is 0 Å². The molecule has 0 unspecified atom stereocenters. The number of furan rings is 1. The van der Waals surface area contributed by atoms with Gasteiger partial charge in [0.1, 0.15) is 11.3 Å². The number of amides is 1. The predicted octanol–water partition coefficient (Wildman–Crippen LogP) is 2.35. The van der Waals surface area contributed by atoms with E-state index < -0.39 is 0 Å². The van der Waals surface area contributed by atoms with E-state index in [4.69, 9.17) is 4.42 Å². The Morgan fingerprint density at radius 2 is 2.13 bits per heavy atom. The lowest BCUT2D eigenvalue weighted by atomic mass is 10.1. The second-order valence-corrected chi connectivity index (χ2v) is 3.33. The zero-order valence-corrected chi connectivity index (χ0v) is 8.83. The quantitative estimate of drug-likeness (QED) is 0.814. The first kappa shape index (κ1) is 9.77. The third kappa shape index (κ3) is 1.50. The average molecular weight is 203 g/mol. The summed E-state index contributed by atoms with van der Waals surface area (Å²) in [5.74, 6) is 0.660. The number of aryl methyl sites for hydroxylation is 1. The maximum Gasteiger partial charge on any atom is 0.255 e. The van der Waals surface area contributed by atoms with Crippen molar-refractivity contribution in [2.75, 3.05) is 7.05 Å². The predicted molar refractivity (Wildman–Crippen MR) is 59.0 cm³/mol. The van der Waals surface area contributed by atoms with Crippen LogP contribution in [0, 0.1) is 0 Å². The highest BCUT2D eigenvalue weighted by molar-refractivity contribution is 6.07. The summed E-state index contributed by atoms with van der Waals surface area (Å²) in [7, 11) is 1.63. The van der Waals surface area contributed by atoms with Crippen LogP contribution in [0.15, 0.2) is 28.7 Å². The standard InChI is InChI=1S/C12H13NO2/c1-3-9-11(12(14)13-2)8-6-4-5-7-10(8)15-9/h4-7H,3H2,1-2H3,(H,13,14). The molecule has 0 spiro atoms. The molecule has 0 saturated heterocycles. The number of benzene rings is 1. The van der Waals surface area contributed by atoms with Gasteiger partial charge in [0.15, 0.2) is 0 Å². The van der Waals surface area contributed by atoms with Crippen LogP contribution in [0.2, 0.25) is 0 Å². The zero-order valence-electron chi connectivity index (χ0n) is 8.83. The Hall–Kier alpha value is -1.77. The van der Waals surface area contributed by atoms with E-state index in [1.165, 1.54) is 0 Å². The minimum Gasteiger partial charge on any atom is -0.460 e. The number of hydrogen-bond donors (Lipinski definition) is 1. The van der Waals surface area contributed by atoms with Gasteiger partial charge in [0, 0.05) is 18.9 Å². The summed E-state index contributed by atoms with van der Waals surface area (Å²) in [5, 5.41) is 3.52. The second-order valence-electron chi connectivity index (χ2n) is 3.33. The van der Waals surface area contributed by atoms with E-state index in [1.54, 1.807) is 7.05 Å². The molecule has 0 saturated carbocycles. The van der Waals surface area contributed by atoms with Gasteiger partial charge >= 0.3 is 0 Å². The lowest BCUT2D eigenvalue weighted by molar-refractivity contribution is 0.0962. The van der Waals surface area contributed by atoms with Crippen LogP contribution in [0.4, 0.5) is 0 Å². The Kier molecular flexibility index (Phi) is 2.46. The van der Waals surface area contributed by atoms with Crippen molar-refractivity contribution in [1.82, 2.24) is 5.32 Å². The Morgan fingerprint density at radius 1 is 1.40 bits per heavy atom. The summed E-state index contributed by atoms with van der Waals surface area (Å²) in [4.78, 5) is 11.7. The monoisotopic (exact) mass is 203 g/mol. The summed E-state index contributed by atoms with van der Waals surface area (Å²) in [6.45, 7) is 1.98. The lowest BCUT2D eigenvalue weighted by Crippen LogP contribution is -2.18. The highest BCUT2D eigenvalue weighted by Crippen LogP contribution is 2.25. The van der Waals surface area contributed by atoms with Crippen molar-refractivity contribution in [1.29, 1.82) is 0 Å². The molecule has 1 aromatic heterocycles. The summed E-state index contributed by atoms with van der Waals surface area (Å²) >= 11 is 0. The van der Waals surface area contributed by atoms with Gasteiger partial charge < -0.3 is 9.73 Å². The van der Waals surface area contributed by atoms with Gasteiger partial charge in [-0.3, -0.25) is 4.79 Å². The van der Waals surface area contributed by atoms with Crippen LogP contribution in [0.5, 0.6) is 0 Å². The number of rotatable bonds is 2. The van der Waals surface area contributed by atoms with E-state index in [9.17, 15) is 4.79 Å². The molecule has 0 aliphatic carbocycles. The first-order chi connectivity index (χ1) is 7.27. The minimum absolute atomic E-state index is 0.0863. The van der Waals surface area contributed by atoms with Gasteiger partial charge in [0.25, 0.3) is 5.91 Å². The molecule has 1 N–H and O–H groups in total. The van der Waals surface area contributed by atoms with Crippen LogP contribution in [-0.2, 0) is 6.42 Å². The van der Waals surface area contributed by atoms with Crippen LogP contribution >= 0.6 is 0 Å². The van der Waals surface area contributed by atoms with E-state index in [0.717, 1.165) is 23.2 Å². The summed E-state index contributed by atoms with van der Waals surface area (Å²) in [6, 6.07) is 7.59. The molecule has 1 aromatic carbocycles.